The number of amides is 6. The molecule has 13 nitrogen and oxygen atoms in total. The Morgan fingerprint density at radius 1 is 0.483 bits per heavy atom. The average Bonchev–Trinajstić information content (AvgIpc) is 1.27. The van der Waals surface area contributed by atoms with Gasteiger partial charge in [0.25, 0.3) is 11.8 Å². The molecule has 4 atom stereocenters. The predicted molar refractivity (Wildman–Crippen MR) is 361 cm³/mol. The normalized spacial score (nSPS) is 19.7. The van der Waals surface area contributed by atoms with Crippen LogP contribution in [0.5, 0.6) is 0 Å². The smallest absolute Gasteiger partial charge is 0.318 e. The molecule has 6 aromatic carbocycles. The summed E-state index contributed by atoms with van der Waals surface area (Å²) >= 11 is 25.7. The Balaban J connectivity index is 0.000000269. The quantitative estimate of drug-likeness (QED) is 0.0988. The molecule has 4 saturated heterocycles. The monoisotopic (exact) mass is 1300 g/mol. The van der Waals surface area contributed by atoms with Crippen molar-refractivity contribution in [3.05, 3.63) is 199 Å². The Labute approximate surface area is 547 Å². The Morgan fingerprint density at radius 3 is 1.15 bits per heavy atom. The molecule has 10 rings (SSSR count). The number of likely N-dealkylation sites (tertiary alicyclic amines) is 2. The highest BCUT2D eigenvalue weighted by molar-refractivity contribution is 6.42. The van der Waals surface area contributed by atoms with Gasteiger partial charge in [0.15, 0.2) is 0 Å². The highest BCUT2D eigenvalue weighted by Gasteiger charge is 2.46. The van der Waals surface area contributed by atoms with Gasteiger partial charge in [-0.25, -0.2) is 9.59 Å². The van der Waals surface area contributed by atoms with E-state index in [2.05, 4.69) is 58.5 Å². The average molecular weight is 1310 g/mol. The lowest BCUT2D eigenvalue weighted by Crippen LogP contribution is -2.56. The summed E-state index contributed by atoms with van der Waals surface area (Å²) in [5.41, 5.74) is 6.51. The van der Waals surface area contributed by atoms with Gasteiger partial charge in [0, 0.05) is 89.0 Å². The number of rotatable bonds is 16. The van der Waals surface area contributed by atoms with E-state index in [1.54, 1.807) is 9.80 Å². The molecule has 0 aromatic heterocycles. The van der Waals surface area contributed by atoms with Gasteiger partial charge in [-0.15, -0.1) is 24.8 Å². The van der Waals surface area contributed by atoms with Crippen LogP contribution in [0.15, 0.2) is 146 Å². The van der Waals surface area contributed by atoms with Crippen molar-refractivity contribution in [2.75, 3.05) is 76.3 Å². The van der Waals surface area contributed by atoms with E-state index in [9.17, 15) is 19.2 Å². The maximum Gasteiger partial charge on any atom is 0.318 e. The minimum absolute atomic E-state index is 0. The van der Waals surface area contributed by atoms with Crippen LogP contribution >= 0.6 is 71.2 Å². The van der Waals surface area contributed by atoms with Gasteiger partial charge in [-0.2, -0.15) is 0 Å². The van der Waals surface area contributed by atoms with Gasteiger partial charge in [0.2, 0.25) is 0 Å². The molecular weight excluding hydrogens is 1220 g/mol. The van der Waals surface area contributed by atoms with Crippen LogP contribution in [0.2, 0.25) is 20.1 Å². The maximum atomic E-state index is 13.5. The zero-order valence-corrected chi connectivity index (χ0v) is 55.0. The number of unbranched alkanes of at least 4 members (excludes halogenated alkanes) is 2. The summed E-state index contributed by atoms with van der Waals surface area (Å²) < 4.78 is 0. The number of halogens is 6. The van der Waals surface area contributed by atoms with Crippen LogP contribution < -0.4 is 20.4 Å². The van der Waals surface area contributed by atoms with E-state index < -0.39 is 11.1 Å². The maximum absolute atomic E-state index is 13.5. The molecule has 4 aliphatic rings. The fourth-order valence-electron chi connectivity index (χ4n) is 12.5. The number of carbonyl (C=O) groups is 4. The highest BCUT2D eigenvalue weighted by Crippen LogP contribution is 2.48. The molecule has 4 fully saturated rings. The Kier molecular flexibility index (Phi) is 26.3. The van der Waals surface area contributed by atoms with Crippen LogP contribution in [0.3, 0.4) is 0 Å². The number of piperidine rings is 2. The van der Waals surface area contributed by atoms with Crippen molar-refractivity contribution in [1.82, 2.24) is 30.2 Å². The molecule has 87 heavy (non-hydrogen) atoms. The van der Waals surface area contributed by atoms with Crippen molar-refractivity contribution in [1.29, 1.82) is 0 Å². The lowest BCUT2D eigenvalue weighted by molar-refractivity contribution is 0.0786. The molecular formula is C68H84Cl6N8O5. The van der Waals surface area contributed by atoms with Crippen molar-refractivity contribution in [3.63, 3.8) is 0 Å². The number of hydrogen-bond donors (Lipinski definition) is 2. The summed E-state index contributed by atoms with van der Waals surface area (Å²) in [5.74, 6) is 0.0600. The summed E-state index contributed by atoms with van der Waals surface area (Å²) in [7, 11) is 3.72. The van der Waals surface area contributed by atoms with Crippen molar-refractivity contribution in [2.24, 2.45) is 0 Å². The molecule has 4 heterocycles. The molecule has 6 aromatic rings. The molecule has 0 saturated carbocycles. The van der Waals surface area contributed by atoms with Crippen LogP contribution in [0.1, 0.15) is 146 Å². The van der Waals surface area contributed by atoms with Crippen LogP contribution in [-0.4, -0.2) is 115 Å². The number of benzene rings is 6. The second kappa shape index (κ2) is 32.5. The van der Waals surface area contributed by atoms with E-state index in [1.807, 2.05) is 145 Å². The third-order valence-corrected chi connectivity index (χ3v) is 18.9. The first-order valence-electron chi connectivity index (χ1n) is 30.0. The lowest BCUT2D eigenvalue weighted by atomic mass is 9.75. The second-order valence-corrected chi connectivity index (χ2v) is 24.7. The van der Waals surface area contributed by atoms with E-state index in [-0.39, 0.29) is 66.3 Å². The molecule has 0 spiro atoms. The molecule has 19 heteroatoms. The fraction of sp³-hybridized carbons (Fsp3) is 0.412. The van der Waals surface area contributed by atoms with E-state index >= 15 is 0 Å². The number of hydrogen-bond acceptors (Lipinski definition) is 6. The summed E-state index contributed by atoms with van der Waals surface area (Å²) in [4.78, 5) is 65.2. The molecule has 468 valence electrons. The van der Waals surface area contributed by atoms with Gasteiger partial charge >= 0.3 is 12.1 Å². The highest BCUT2D eigenvalue weighted by atomic mass is 35.5. The Bertz CT molecular complexity index is 2980. The fourth-order valence-corrected chi connectivity index (χ4v) is 13.1. The van der Waals surface area contributed by atoms with Crippen LogP contribution in [0, 0.1) is 0 Å². The zero-order chi connectivity index (χ0) is 59.4. The Hall–Kier alpha value is -5.90. The van der Waals surface area contributed by atoms with Crippen LogP contribution in [0.4, 0.5) is 21.0 Å². The molecule has 4 unspecified atom stereocenters. The van der Waals surface area contributed by atoms with Gasteiger partial charge in [0.1, 0.15) is 0 Å². The first-order valence-corrected chi connectivity index (χ1v) is 31.5. The number of urea groups is 2. The third kappa shape index (κ3) is 16.9. The van der Waals surface area contributed by atoms with Gasteiger partial charge in [-0.3, -0.25) is 9.59 Å². The summed E-state index contributed by atoms with van der Waals surface area (Å²) in [6.45, 7) is 10.3. The van der Waals surface area contributed by atoms with Gasteiger partial charge in [0.05, 0.1) is 43.3 Å². The molecule has 0 radical (unpaired) electrons. The third-order valence-electron chi connectivity index (χ3n) is 17.5. The number of nitrogens with zero attached hydrogens (tertiary/aromatic N) is 6. The minimum Gasteiger partial charge on any atom is -0.412 e. The molecule has 4 aliphatic heterocycles. The van der Waals surface area contributed by atoms with Crippen molar-refractivity contribution in [2.45, 2.75) is 114 Å². The minimum atomic E-state index is -0.563. The SMILES string of the molecule is CCCCN(C)C(=O)c1ccc(N2CCC(NC(=O)N3CCCC3)(c3ccccc3)CC2c2ccc(Cl)c(Cl)c2)cc1.CCCCN(C)C(=O)c1ccc(N2CCC(NC(=O)N3CCCC3)(c3ccccc3)CC2c2ccc(Cl)c(Cl)c2)cc1.Cl.Cl.O. The molecule has 4 N–H and O–H groups in total. The van der Waals surface area contributed by atoms with E-state index in [1.165, 1.54) is 0 Å². The molecule has 6 amide bonds. The number of nitrogens with one attached hydrogen (secondary N) is 2. The topological polar surface area (TPSA) is 143 Å². The van der Waals surface area contributed by atoms with Gasteiger partial charge in [-0.1, -0.05) is 146 Å². The van der Waals surface area contributed by atoms with Crippen LogP contribution in [-0.2, 0) is 11.1 Å². The second-order valence-electron chi connectivity index (χ2n) is 23.1. The summed E-state index contributed by atoms with van der Waals surface area (Å²) in [6.07, 6.45) is 11.0. The van der Waals surface area contributed by atoms with E-state index in [0.717, 1.165) is 137 Å². The van der Waals surface area contributed by atoms with Crippen molar-refractivity contribution < 1.29 is 24.7 Å². The number of anilines is 2. The van der Waals surface area contributed by atoms with Gasteiger partial charge in [-0.05, 0) is 159 Å². The van der Waals surface area contributed by atoms with Crippen LogP contribution in [0.25, 0.3) is 0 Å². The van der Waals surface area contributed by atoms with Crippen molar-refractivity contribution in [3.8, 4) is 0 Å². The first-order chi connectivity index (χ1) is 40.6. The number of carbonyl (C=O) groups excluding carboxylic acids is 4. The van der Waals surface area contributed by atoms with Gasteiger partial charge < -0.3 is 45.5 Å². The van der Waals surface area contributed by atoms with Crippen molar-refractivity contribution >= 4 is 106 Å². The Morgan fingerprint density at radius 2 is 0.828 bits per heavy atom. The largest absolute Gasteiger partial charge is 0.412 e. The zero-order valence-electron chi connectivity index (χ0n) is 50.3. The lowest BCUT2D eigenvalue weighted by Gasteiger charge is -2.49. The standard InChI is InChI=1S/2C34H40Cl2N4O2.2ClH.H2O/c2*1-3-4-19-38(2)32(41)25-12-15-28(16-13-25)40-22-18-34(27-10-6-5-7-11-27,37-33(42)39-20-8-9-21-39)24-31(40)26-14-17-29(35)30(36)23-26;;;/h2*5-7,10-17,23,31H,3-4,8-9,18-22,24H2,1-2H3,(H,37,42);2*1H;1H2. The van der Waals surface area contributed by atoms with E-state index in [0.29, 0.717) is 57.1 Å². The van der Waals surface area contributed by atoms with E-state index in [4.69, 9.17) is 46.4 Å². The molecule has 0 bridgehead atoms. The predicted octanol–water partition coefficient (Wildman–Crippen LogP) is 15.8. The first kappa shape index (κ1) is 70.2. The molecule has 0 aliphatic carbocycles. The summed E-state index contributed by atoms with van der Waals surface area (Å²) in [5, 5.41) is 9.01. The summed E-state index contributed by atoms with van der Waals surface area (Å²) in [6, 6.07) is 47.8.